The minimum atomic E-state index is 0.519. The van der Waals surface area contributed by atoms with Gasteiger partial charge in [0.1, 0.15) is 5.76 Å². The van der Waals surface area contributed by atoms with Gasteiger partial charge in [-0.25, -0.2) is 0 Å². The van der Waals surface area contributed by atoms with Crippen LogP contribution in [0.2, 0.25) is 0 Å². The number of furan rings is 1. The first-order valence-corrected chi connectivity index (χ1v) is 5.85. The molecular weight excluding hydrogens is 196 g/mol. The van der Waals surface area contributed by atoms with Crippen LogP contribution in [0, 0.1) is 12.8 Å². The number of rotatable bonds is 0. The summed E-state index contributed by atoms with van der Waals surface area (Å²) in [7, 11) is 0. The van der Waals surface area contributed by atoms with Crippen LogP contribution >= 0.6 is 0 Å². The van der Waals surface area contributed by atoms with Crippen LogP contribution in [0.15, 0.2) is 34.0 Å². The van der Waals surface area contributed by atoms with Crippen LogP contribution in [0.5, 0.6) is 0 Å². The van der Waals surface area contributed by atoms with Crippen molar-refractivity contribution < 1.29 is 4.42 Å². The molecule has 1 heterocycles. The van der Waals surface area contributed by atoms with Gasteiger partial charge in [-0.3, -0.25) is 0 Å². The molecule has 0 radical (unpaired) electrons. The number of aryl methyl sites for hydroxylation is 1. The van der Waals surface area contributed by atoms with E-state index in [0.717, 1.165) is 12.2 Å². The smallest absolute Gasteiger partial charge is 0.141 e. The molecule has 0 bridgehead atoms. The molecule has 0 N–H and O–H groups in total. The van der Waals surface area contributed by atoms with Crippen molar-refractivity contribution in [2.45, 2.75) is 27.2 Å². The molecule has 1 atom stereocenters. The van der Waals surface area contributed by atoms with Gasteiger partial charge in [-0.1, -0.05) is 25.2 Å². The van der Waals surface area contributed by atoms with Gasteiger partial charge in [-0.05, 0) is 42.9 Å². The van der Waals surface area contributed by atoms with Crippen LogP contribution in [0.4, 0.5) is 0 Å². The lowest BCUT2D eigenvalue weighted by Gasteiger charge is -2.09. The second-order valence-electron chi connectivity index (χ2n) is 4.80. The van der Waals surface area contributed by atoms with E-state index >= 15 is 0 Å². The summed E-state index contributed by atoms with van der Waals surface area (Å²) in [6.45, 7) is 6.55. The van der Waals surface area contributed by atoms with Crippen LogP contribution in [0.25, 0.3) is 11.6 Å². The Morgan fingerprint density at radius 1 is 1.31 bits per heavy atom. The van der Waals surface area contributed by atoms with Crippen LogP contribution in [-0.2, 0) is 0 Å². The van der Waals surface area contributed by atoms with Crippen molar-refractivity contribution in [2.24, 2.45) is 5.92 Å². The zero-order valence-corrected chi connectivity index (χ0v) is 10.0. The van der Waals surface area contributed by atoms with Crippen LogP contribution in [0.3, 0.4) is 0 Å². The molecule has 1 aromatic heterocycles. The molecule has 0 saturated heterocycles. The van der Waals surface area contributed by atoms with Gasteiger partial charge in [0.25, 0.3) is 0 Å². The Kier molecular flexibility index (Phi) is 1.97. The summed E-state index contributed by atoms with van der Waals surface area (Å²) in [6, 6.07) is 0. The van der Waals surface area contributed by atoms with E-state index in [1.807, 2.05) is 6.26 Å². The first-order chi connectivity index (χ1) is 7.68. The third-order valence-electron chi connectivity index (χ3n) is 3.69. The minimum absolute atomic E-state index is 0.519. The van der Waals surface area contributed by atoms with E-state index in [2.05, 4.69) is 39.0 Å². The first kappa shape index (κ1) is 9.71. The Hall–Kier alpha value is -1.50. The molecule has 1 unspecified atom stereocenters. The highest BCUT2D eigenvalue weighted by atomic mass is 16.3. The Balaban J connectivity index is 2.29. The van der Waals surface area contributed by atoms with Crippen LogP contribution in [0.1, 0.15) is 37.2 Å². The van der Waals surface area contributed by atoms with Gasteiger partial charge in [-0.2, -0.15) is 0 Å². The highest BCUT2D eigenvalue weighted by molar-refractivity contribution is 5.87. The van der Waals surface area contributed by atoms with E-state index < -0.39 is 0 Å². The maximum absolute atomic E-state index is 5.75. The highest BCUT2D eigenvalue weighted by Gasteiger charge is 2.26. The van der Waals surface area contributed by atoms with Gasteiger partial charge in [0, 0.05) is 11.1 Å². The van der Waals surface area contributed by atoms with E-state index in [-0.39, 0.29) is 0 Å². The zero-order chi connectivity index (χ0) is 11.3. The summed E-state index contributed by atoms with van der Waals surface area (Å²) < 4.78 is 5.75. The Labute approximate surface area is 96.2 Å². The zero-order valence-electron chi connectivity index (χ0n) is 10.0. The third kappa shape index (κ3) is 1.18. The predicted octanol–water partition coefficient (Wildman–Crippen LogP) is 4.35. The molecule has 0 spiro atoms. The summed E-state index contributed by atoms with van der Waals surface area (Å²) in [5, 5.41) is 0. The van der Waals surface area contributed by atoms with Gasteiger partial charge in [0.2, 0.25) is 0 Å². The number of hydrogen-bond acceptors (Lipinski definition) is 1. The lowest BCUT2D eigenvalue weighted by Crippen LogP contribution is -1.94. The monoisotopic (exact) mass is 212 g/mol. The van der Waals surface area contributed by atoms with Gasteiger partial charge >= 0.3 is 0 Å². The molecule has 2 aliphatic rings. The molecule has 2 aliphatic carbocycles. The summed E-state index contributed by atoms with van der Waals surface area (Å²) in [6.07, 6.45) is 9.75. The molecule has 3 rings (SSSR count). The topological polar surface area (TPSA) is 13.1 Å². The molecule has 0 aromatic carbocycles. The van der Waals surface area contributed by atoms with Crippen molar-refractivity contribution in [2.75, 3.05) is 0 Å². The summed E-state index contributed by atoms with van der Waals surface area (Å²) in [5.74, 6) is 1.59. The summed E-state index contributed by atoms with van der Waals surface area (Å²) in [4.78, 5) is 0. The molecule has 16 heavy (non-hydrogen) atoms. The lowest BCUT2D eigenvalue weighted by molar-refractivity contribution is 0.550. The lowest BCUT2D eigenvalue weighted by atomic mass is 9.95. The predicted molar refractivity (Wildman–Crippen MR) is 66.9 cm³/mol. The van der Waals surface area contributed by atoms with Crippen molar-refractivity contribution in [1.82, 2.24) is 0 Å². The van der Waals surface area contributed by atoms with E-state index in [1.165, 1.54) is 27.8 Å². The normalized spacial score (nSPS) is 22.9. The molecule has 0 fully saturated rings. The molecular formula is C15H16O. The summed E-state index contributed by atoms with van der Waals surface area (Å²) >= 11 is 0. The standard InChI is InChI=1S/C15H16O/c1-9-4-7-13-11(3)8-16-15(13)14-10(2)5-6-12(9)14/h4-5,7-9H,6H2,1-3H3. The molecule has 82 valence electrons. The average Bonchev–Trinajstić information content (AvgIpc) is 2.75. The molecule has 1 nitrogen and oxygen atoms in total. The molecule has 1 aromatic rings. The fraction of sp³-hybridized carbons (Fsp3) is 0.333. The number of fused-ring (bicyclic) bond motifs is 2. The Morgan fingerprint density at radius 3 is 2.94 bits per heavy atom. The maximum Gasteiger partial charge on any atom is 0.141 e. The van der Waals surface area contributed by atoms with E-state index in [0.29, 0.717) is 5.92 Å². The third-order valence-corrected chi connectivity index (χ3v) is 3.69. The first-order valence-electron chi connectivity index (χ1n) is 5.85. The second-order valence-corrected chi connectivity index (χ2v) is 4.80. The quantitative estimate of drug-likeness (QED) is 0.623. The van der Waals surface area contributed by atoms with E-state index in [1.54, 1.807) is 0 Å². The maximum atomic E-state index is 5.75. The SMILES string of the molecule is CC1=CCC2=C1c1occ(C)c1C=CC2C. The van der Waals surface area contributed by atoms with Crippen LogP contribution in [-0.4, -0.2) is 0 Å². The minimum Gasteiger partial charge on any atom is -0.463 e. The van der Waals surface area contributed by atoms with E-state index in [4.69, 9.17) is 4.42 Å². The Bertz CT molecular complexity index is 538. The van der Waals surface area contributed by atoms with Crippen molar-refractivity contribution in [3.05, 3.63) is 46.4 Å². The Morgan fingerprint density at radius 2 is 2.12 bits per heavy atom. The molecule has 1 heteroatoms. The van der Waals surface area contributed by atoms with Gasteiger partial charge < -0.3 is 4.42 Å². The second kappa shape index (κ2) is 3.24. The van der Waals surface area contributed by atoms with Crippen LogP contribution < -0.4 is 0 Å². The van der Waals surface area contributed by atoms with Gasteiger partial charge in [0.05, 0.1) is 6.26 Å². The highest BCUT2D eigenvalue weighted by Crippen LogP contribution is 2.43. The van der Waals surface area contributed by atoms with Crippen molar-refractivity contribution in [3.8, 4) is 0 Å². The van der Waals surface area contributed by atoms with Crippen molar-refractivity contribution >= 4 is 11.6 Å². The summed E-state index contributed by atoms with van der Waals surface area (Å²) in [5.41, 5.74) is 6.70. The fourth-order valence-corrected chi connectivity index (χ4v) is 2.67. The number of allylic oxidation sites excluding steroid dienone is 5. The molecule has 0 aliphatic heterocycles. The molecule has 0 saturated carbocycles. The van der Waals surface area contributed by atoms with Crippen molar-refractivity contribution in [1.29, 1.82) is 0 Å². The van der Waals surface area contributed by atoms with E-state index in [9.17, 15) is 0 Å². The largest absolute Gasteiger partial charge is 0.463 e. The van der Waals surface area contributed by atoms with Gasteiger partial charge in [0.15, 0.2) is 0 Å². The average molecular weight is 212 g/mol. The van der Waals surface area contributed by atoms with Crippen molar-refractivity contribution in [3.63, 3.8) is 0 Å². The fourth-order valence-electron chi connectivity index (χ4n) is 2.67. The number of hydrogen-bond donors (Lipinski definition) is 0. The molecule has 0 amide bonds. The van der Waals surface area contributed by atoms with Gasteiger partial charge in [-0.15, -0.1) is 0 Å².